The van der Waals surface area contributed by atoms with E-state index in [1.54, 1.807) is 6.21 Å². The molecule has 0 atom stereocenters. The first-order chi connectivity index (χ1) is 10.1. The average Bonchev–Trinajstić information content (AvgIpc) is 2.83. The van der Waals surface area contributed by atoms with E-state index in [0.717, 1.165) is 25.8 Å². The fourth-order valence-corrected chi connectivity index (χ4v) is 3.89. The minimum absolute atomic E-state index is 0.0436. The predicted octanol–water partition coefficient (Wildman–Crippen LogP) is 3.40. The minimum Gasteiger partial charge on any atom is -0.492 e. The van der Waals surface area contributed by atoms with Gasteiger partial charge in [0.15, 0.2) is 5.17 Å². The third-order valence-corrected chi connectivity index (χ3v) is 4.54. The second kappa shape index (κ2) is 8.14. The molecule has 1 amide bonds. The zero-order valence-electron chi connectivity index (χ0n) is 11.2. The number of hydrogen-bond donors (Lipinski definition) is 1. The summed E-state index contributed by atoms with van der Waals surface area (Å²) in [7, 11) is 0. The molecule has 1 saturated heterocycles. The molecule has 1 aromatic rings. The first kappa shape index (κ1) is 16.8. The zero-order valence-corrected chi connectivity index (χ0v) is 15.8. The Morgan fingerprint density at radius 3 is 3.05 bits per heavy atom. The van der Waals surface area contributed by atoms with Gasteiger partial charge >= 0.3 is 0 Å². The van der Waals surface area contributed by atoms with E-state index in [-0.39, 0.29) is 5.91 Å². The van der Waals surface area contributed by atoms with Crippen molar-refractivity contribution in [2.24, 2.45) is 10.2 Å². The molecular formula is C13H13BrIN3O2S. The van der Waals surface area contributed by atoms with Gasteiger partial charge in [-0.05, 0) is 41.1 Å². The van der Waals surface area contributed by atoms with E-state index in [1.165, 1.54) is 11.8 Å². The summed E-state index contributed by atoms with van der Waals surface area (Å²) in [5.41, 5.74) is 0.848. The molecule has 0 aromatic heterocycles. The lowest BCUT2D eigenvalue weighted by Gasteiger charge is -2.10. The molecule has 112 valence electrons. The van der Waals surface area contributed by atoms with Gasteiger partial charge in [-0.15, -0.1) is 5.10 Å². The maximum Gasteiger partial charge on any atom is 0.236 e. The van der Waals surface area contributed by atoms with Crippen LogP contribution in [0.1, 0.15) is 18.9 Å². The van der Waals surface area contributed by atoms with Crippen LogP contribution in [-0.4, -0.2) is 29.6 Å². The second-order valence-electron chi connectivity index (χ2n) is 4.14. The van der Waals surface area contributed by atoms with E-state index in [4.69, 9.17) is 4.74 Å². The summed E-state index contributed by atoms with van der Waals surface area (Å²) in [4.78, 5) is 11.1. The smallest absolute Gasteiger partial charge is 0.236 e. The van der Waals surface area contributed by atoms with Crippen molar-refractivity contribution < 1.29 is 9.53 Å². The molecule has 8 heteroatoms. The highest BCUT2D eigenvalue weighted by Gasteiger charge is 2.16. The Labute approximate surface area is 149 Å². The van der Waals surface area contributed by atoms with Crippen LogP contribution in [0.4, 0.5) is 0 Å². The summed E-state index contributed by atoms with van der Waals surface area (Å²) >= 11 is 7.04. The standard InChI is InChI=1S/C13H13BrIN3O2S/c1-2-3-20-12-8(4-9(14)5-10(12)15)6-16-18-13-17-11(19)7-21-13/h4-6H,2-3,7H2,1H3,(H,17,18,19). The van der Waals surface area contributed by atoms with E-state index in [1.807, 2.05) is 12.1 Å². The Morgan fingerprint density at radius 2 is 2.38 bits per heavy atom. The fraction of sp³-hybridized carbons (Fsp3) is 0.308. The van der Waals surface area contributed by atoms with Gasteiger partial charge in [0, 0.05) is 10.0 Å². The highest BCUT2D eigenvalue weighted by atomic mass is 127. The van der Waals surface area contributed by atoms with Crippen molar-refractivity contribution in [1.82, 2.24) is 5.32 Å². The molecule has 0 aliphatic carbocycles. The van der Waals surface area contributed by atoms with Crippen molar-refractivity contribution in [3.05, 3.63) is 25.7 Å². The SMILES string of the molecule is CCCOc1c(I)cc(Br)cc1C=NN=C1NC(=O)CS1. The number of amidine groups is 1. The normalized spacial score (nSPS) is 16.7. The maximum absolute atomic E-state index is 11.1. The number of carbonyl (C=O) groups is 1. The minimum atomic E-state index is -0.0436. The van der Waals surface area contributed by atoms with Crippen LogP contribution in [0.15, 0.2) is 26.8 Å². The summed E-state index contributed by atoms with van der Waals surface area (Å²) in [5.74, 6) is 1.15. The van der Waals surface area contributed by atoms with Crippen LogP contribution in [0.3, 0.4) is 0 Å². The van der Waals surface area contributed by atoms with Crippen molar-refractivity contribution in [1.29, 1.82) is 0 Å². The Bertz CT molecular complexity index is 607. The maximum atomic E-state index is 11.1. The van der Waals surface area contributed by atoms with Gasteiger partial charge in [0.1, 0.15) is 5.75 Å². The number of rotatable bonds is 5. The second-order valence-corrected chi connectivity index (χ2v) is 7.18. The number of hydrogen-bond acceptors (Lipinski definition) is 5. The van der Waals surface area contributed by atoms with Crippen molar-refractivity contribution in [3.63, 3.8) is 0 Å². The molecule has 2 rings (SSSR count). The number of thioether (sulfide) groups is 1. The molecule has 0 unspecified atom stereocenters. The van der Waals surface area contributed by atoms with Gasteiger partial charge in [-0.1, -0.05) is 34.6 Å². The monoisotopic (exact) mass is 481 g/mol. The highest BCUT2D eigenvalue weighted by molar-refractivity contribution is 14.1. The summed E-state index contributed by atoms with van der Waals surface area (Å²) in [5, 5.41) is 11.2. The third-order valence-electron chi connectivity index (χ3n) is 2.42. The van der Waals surface area contributed by atoms with Gasteiger partial charge in [0.05, 0.1) is 22.1 Å². The lowest BCUT2D eigenvalue weighted by atomic mass is 10.2. The summed E-state index contributed by atoms with van der Waals surface area (Å²) in [6, 6.07) is 3.92. The fourth-order valence-electron chi connectivity index (χ4n) is 1.56. The van der Waals surface area contributed by atoms with Gasteiger partial charge in [-0.3, -0.25) is 4.79 Å². The van der Waals surface area contributed by atoms with Crippen LogP contribution in [0.2, 0.25) is 0 Å². The van der Waals surface area contributed by atoms with Gasteiger partial charge in [-0.2, -0.15) is 5.10 Å². The first-order valence-corrected chi connectivity index (χ1v) is 9.11. The molecule has 0 radical (unpaired) electrons. The molecule has 1 fully saturated rings. The number of carbonyl (C=O) groups excluding carboxylic acids is 1. The van der Waals surface area contributed by atoms with Crippen LogP contribution < -0.4 is 10.1 Å². The molecule has 1 aliphatic heterocycles. The van der Waals surface area contributed by atoms with Crippen LogP contribution in [0.5, 0.6) is 5.75 Å². The first-order valence-electron chi connectivity index (χ1n) is 6.25. The van der Waals surface area contributed by atoms with Crippen molar-refractivity contribution in [3.8, 4) is 5.75 Å². The van der Waals surface area contributed by atoms with Gasteiger partial charge in [-0.25, -0.2) is 0 Å². The molecule has 5 nitrogen and oxygen atoms in total. The van der Waals surface area contributed by atoms with E-state index >= 15 is 0 Å². The number of ether oxygens (including phenoxy) is 1. The Morgan fingerprint density at radius 1 is 1.57 bits per heavy atom. The molecule has 1 aliphatic rings. The summed E-state index contributed by atoms with van der Waals surface area (Å²) in [6.07, 6.45) is 2.57. The summed E-state index contributed by atoms with van der Waals surface area (Å²) < 4.78 is 7.73. The zero-order chi connectivity index (χ0) is 15.2. The Balaban J connectivity index is 2.19. The largest absolute Gasteiger partial charge is 0.492 e. The van der Waals surface area contributed by atoms with Crippen LogP contribution in [-0.2, 0) is 4.79 Å². The number of benzene rings is 1. The van der Waals surface area contributed by atoms with E-state index in [9.17, 15) is 4.79 Å². The van der Waals surface area contributed by atoms with Crippen LogP contribution in [0.25, 0.3) is 0 Å². The third kappa shape index (κ3) is 4.96. The van der Waals surface area contributed by atoms with Gasteiger partial charge in [0.2, 0.25) is 5.91 Å². The van der Waals surface area contributed by atoms with Crippen LogP contribution in [0, 0.1) is 3.57 Å². The molecule has 0 spiro atoms. The predicted molar refractivity (Wildman–Crippen MR) is 98.3 cm³/mol. The van der Waals surface area contributed by atoms with Crippen molar-refractivity contribution >= 4 is 67.6 Å². The Hall–Kier alpha value is -0.610. The average molecular weight is 482 g/mol. The lowest BCUT2D eigenvalue weighted by Crippen LogP contribution is -2.19. The number of nitrogens with one attached hydrogen (secondary N) is 1. The number of halogens is 2. The van der Waals surface area contributed by atoms with E-state index in [0.29, 0.717) is 17.5 Å². The van der Waals surface area contributed by atoms with Gasteiger partial charge < -0.3 is 10.1 Å². The van der Waals surface area contributed by atoms with Crippen LogP contribution >= 0.6 is 50.3 Å². The molecule has 0 bridgehead atoms. The summed E-state index contributed by atoms with van der Waals surface area (Å²) in [6.45, 7) is 2.71. The molecule has 1 N–H and O–H groups in total. The molecule has 1 aromatic carbocycles. The van der Waals surface area contributed by atoms with Gasteiger partial charge in [0.25, 0.3) is 0 Å². The van der Waals surface area contributed by atoms with E-state index < -0.39 is 0 Å². The quantitative estimate of drug-likeness (QED) is 0.398. The number of nitrogens with zero attached hydrogens (tertiary/aromatic N) is 2. The van der Waals surface area contributed by atoms with Crippen molar-refractivity contribution in [2.45, 2.75) is 13.3 Å². The molecule has 21 heavy (non-hydrogen) atoms. The Kier molecular flexibility index (Phi) is 6.49. The molecule has 0 saturated carbocycles. The van der Waals surface area contributed by atoms with Crippen molar-refractivity contribution in [2.75, 3.05) is 12.4 Å². The molecular weight excluding hydrogens is 469 g/mol. The molecule has 1 heterocycles. The highest BCUT2D eigenvalue weighted by Crippen LogP contribution is 2.29. The lowest BCUT2D eigenvalue weighted by molar-refractivity contribution is -0.116. The topological polar surface area (TPSA) is 63.1 Å². The number of amides is 1. The van der Waals surface area contributed by atoms with E-state index in [2.05, 4.69) is 61.0 Å².